The van der Waals surface area contributed by atoms with Gasteiger partial charge in [0.15, 0.2) is 0 Å². The number of piperidine rings is 1. The molecular weight excluding hydrogens is 224 g/mol. The lowest BCUT2D eigenvalue weighted by molar-refractivity contribution is 0.446. The summed E-state index contributed by atoms with van der Waals surface area (Å²) in [5.41, 5.74) is 0. The molecule has 18 heavy (non-hydrogen) atoms. The Kier molecular flexibility index (Phi) is 4.56. The molecule has 1 aliphatic rings. The summed E-state index contributed by atoms with van der Waals surface area (Å²) in [6.45, 7) is 7.79. The summed E-state index contributed by atoms with van der Waals surface area (Å²) in [6, 6.07) is 2.67. The number of anilines is 2. The molecule has 1 N–H and O–H groups in total. The summed E-state index contributed by atoms with van der Waals surface area (Å²) in [5.74, 6) is 1.92. The topological polar surface area (TPSA) is 41.0 Å². The lowest BCUT2D eigenvalue weighted by Gasteiger charge is -2.36. The van der Waals surface area contributed by atoms with Crippen LogP contribution >= 0.6 is 0 Å². The highest BCUT2D eigenvalue weighted by molar-refractivity contribution is 5.49. The second-order valence-corrected chi connectivity index (χ2v) is 4.68. The van der Waals surface area contributed by atoms with Crippen LogP contribution in [-0.4, -0.2) is 29.1 Å². The minimum atomic E-state index is 0.626. The van der Waals surface area contributed by atoms with Gasteiger partial charge in [-0.05, 0) is 25.7 Å². The molecule has 1 saturated heterocycles. The van der Waals surface area contributed by atoms with E-state index in [4.69, 9.17) is 0 Å². The van der Waals surface area contributed by atoms with Crippen LogP contribution in [0.2, 0.25) is 0 Å². The minimum Gasteiger partial charge on any atom is -0.366 e. The SMILES string of the molecule is C=CCNc1cc(N2CCCCC2CC)ncn1. The van der Waals surface area contributed by atoms with Crippen molar-refractivity contribution in [1.82, 2.24) is 9.97 Å². The van der Waals surface area contributed by atoms with Crippen molar-refractivity contribution in [3.05, 3.63) is 25.0 Å². The lowest BCUT2D eigenvalue weighted by Crippen LogP contribution is -2.39. The number of rotatable bonds is 5. The zero-order chi connectivity index (χ0) is 12.8. The van der Waals surface area contributed by atoms with Gasteiger partial charge in [-0.2, -0.15) is 0 Å². The minimum absolute atomic E-state index is 0.626. The summed E-state index contributed by atoms with van der Waals surface area (Å²) in [5, 5.41) is 3.21. The van der Waals surface area contributed by atoms with E-state index in [1.54, 1.807) is 6.33 Å². The van der Waals surface area contributed by atoms with Crippen LogP contribution in [0.5, 0.6) is 0 Å². The molecule has 4 heteroatoms. The van der Waals surface area contributed by atoms with Gasteiger partial charge in [0.25, 0.3) is 0 Å². The number of aromatic nitrogens is 2. The molecule has 0 bridgehead atoms. The molecule has 1 fully saturated rings. The highest BCUT2D eigenvalue weighted by Gasteiger charge is 2.22. The van der Waals surface area contributed by atoms with Crippen molar-refractivity contribution < 1.29 is 0 Å². The van der Waals surface area contributed by atoms with Gasteiger partial charge in [-0.1, -0.05) is 13.0 Å². The molecule has 0 radical (unpaired) electrons. The van der Waals surface area contributed by atoms with Gasteiger partial charge in [0.2, 0.25) is 0 Å². The maximum absolute atomic E-state index is 4.42. The summed E-state index contributed by atoms with van der Waals surface area (Å²) in [6.07, 6.45) is 8.52. The Labute approximate surface area is 109 Å². The molecule has 1 aromatic heterocycles. The van der Waals surface area contributed by atoms with Gasteiger partial charge in [0, 0.05) is 25.2 Å². The first-order valence-corrected chi connectivity index (χ1v) is 6.78. The Bertz CT molecular complexity index is 391. The van der Waals surface area contributed by atoms with Crippen LogP contribution in [-0.2, 0) is 0 Å². The first kappa shape index (κ1) is 12.9. The summed E-state index contributed by atoms with van der Waals surface area (Å²) >= 11 is 0. The average molecular weight is 246 g/mol. The van der Waals surface area contributed by atoms with E-state index < -0.39 is 0 Å². The maximum Gasteiger partial charge on any atom is 0.134 e. The van der Waals surface area contributed by atoms with Gasteiger partial charge in [-0.25, -0.2) is 9.97 Å². The highest BCUT2D eigenvalue weighted by atomic mass is 15.2. The van der Waals surface area contributed by atoms with Gasteiger partial charge in [0.1, 0.15) is 18.0 Å². The van der Waals surface area contributed by atoms with Crippen molar-refractivity contribution in [3.8, 4) is 0 Å². The third kappa shape index (κ3) is 3.00. The second kappa shape index (κ2) is 6.38. The highest BCUT2D eigenvalue weighted by Crippen LogP contribution is 2.25. The second-order valence-electron chi connectivity index (χ2n) is 4.68. The Morgan fingerprint density at radius 1 is 1.50 bits per heavy atom. The van der Waals surface area contributed by atoms with Crippen molar-refractivity contribution >= 4 is 11.6 Å². The molecule has 0 spiro atoms. The molecule has 0 aliphatic carbocycles. The van der Waals surface area contributed by atoms with Crippen LogP contribution in [0.25, 0.3) is 0 Å². The molecule has 0 amide bonds. The van der Waals surface area contributed by atoms with Crippen molar-refractivity contribution in [3.63, 3.8) is 0 Å². The molecule has 2 heterocycles. The van der Waals surface area contributed by atoms with Crippen LogP contribution < -0.4 is 10.2 Å². The van der Waals surface area contributed by atoms with Crippen molar-refractivity contribution in [2.24, 2.45) is 0 Å². The van der Waals surface area contributed by atoms with Crippen molar-refractivity contribution in [2.75, 3.05) is 23.3 Å². The Morgan fingerprint density at radius 3 is 3.17 bits per heavy atom. The predicted molar refractivity (Wildman–Crippen MR) is 76.0 cm³/mol. The monoisotopic (exact) mass is 246 g/mol. The normalized spacial score (nSPS) is 19.6. The van der Waals surface area contributed by atoms with Crippen molar-refractivity contribution in [1.29, 1.82) is 0 Å². The zero-order valence-electron chi connectivity index (χ0n) is 11.1. The van der Waals surface area contributed by atoms with Crippen molar-refractivity contribution in [2.45, 2.75) is 38.6 Å². The van der Waals surface area contributed by atoms with E-state index in [0.717, 1.165) is 24.7 Å². The first-order chi connectivity index (χ1) is 8.85. The zero-order valence-corrected chi connectivity index (χ0v) is 11.1. The number of hydrogen-bond acceptors (Lipinski definition) is 4. The van der Waals surface area contributed by atoms with E-state index in [0.29, 0.717) is 6.04 Å². The maximum atomic E-state index is 4.42. The number of nitrogens with one attached hydrogen (secondary N) is 1. The average Bonchev–Trinajstić information content (AvgIpc) is 2.45. The summed E-state index contributed by atoms with van der Waals surface area (Å²) in [7, 11) is 0. The molecule has 0 saturated carbocycles. The number of nitrogens with zero attached hydrogens (tertiary/aromatic N) is 3. The predicted octanol–water partition coefficient (Wildman–Crippen LogP) is 2.84. The van der Waals surface area contributed by atoms with E-state index in [2.05, 4.69) is 33.7 Å². The molecule has 0 aromatic carbocycles. The van der Waals surface area contributed by atoms with E-state index in [1.807, 2.05) is 12.1 Å². The fraction of sp³-hybridized carbons (Fsp3) is 0.571. The van der Waals surface area contributed by atoms with Crippen LogP contribution in [0.15, 0.2) is 25.0 Å². The number of hydrogen-bond donors (Lipinski definition) is 1. The largest absolute Gasteiger partial charge is 0.366 e. The molecule has 1 atom stereocenters. The molecule has 98 valence electrons. The summed E-state index contributed by atoms with van der Waals surface area (Å²) in [4.78, 5) is 11.1. The molecule has 1 unspecified atom stereocenters. The van der Waals surface area contributed by atoms with Gasteiger partial charge in [0.05, 0.1) is 0 Å². The van der Waals surface area contributed by atoms with E-state index >= 15 is 0 Å². The van der Waals surface area contributed by atoms with Gasteiger partial charge in [-0.3, -0.25) is 0 Å². The standard InChI is InChI=1S/C14H22N4/c1-3-8-15-13-10-14(17-11-16-13)18-9-6-5-7-12(18)4-2/h3,10-12H,1,4-9H2,2H3,(H,15,16,17). The fourth-order valence-corrected chi connectivity index (χ4v) is 2.50. The van der Waals surface area contributed by atoms with Gasteiger partial charge < -0.3 is 10.2 Å². The Balaban J connectivity index is 2.12. The quantitative estimate of drug-likeness (QED) is 0.811. The molecule has 1 aromatic rings. The Morgan fingerprint density at radius 2 is 2.39 bits per heavy atom. The third-order valence-corrected chi connectivity index (χ3v) is 3.47. The van der Waals surface area contributed by atoms with E-state index in [9.17, 15) is 0 Å². The first-order valence-electron chi connectivity index (χ1n) is 6.78. The molecule has 4 nitrogen and oxygen atoms in total. The Hall–Kier alpha value is -1.58. The van der Waals surface area contributed by atoms with Gasteiger partial charge in [-0.15, -0.1) is 6.58 Å². The van der Waals surface area contributed by atoms with E-state index in [-0.39, 0.29) is 0 Å². The lowest BCUT2D eigenvalue weighted by atomic mass is 10.0. The summed E-state index contributed by atoms with van der Waals surface area (Å²) < 4.78 is 0. The van der Waals surface area contributed by atoms with Gasteiger partial charge >= 0.3 is 0 Å². The smallest absolute Gasteiger partial charge is 0.134 e. The molecular formula is C14H22N4. The third-order valence-electron chi connectivity index (χ3n) is 3.47. The molecule has 1 aliphatic heterocycles. The van der Waals surface area contributed by atoms with E-state index in [1.165, 1.54) is 25.7 Å². The van der Waals surface area contributed by atoms with Crippen LogP contribution in [0, 0.1) is 0 Å². The fourth-order valence-electron chi connectivity index (χ4n) is 2.50. The van der Waals surface area contributed by atoms with Crippen LogP contribution in [0.1, 0.15) is 32.6 Å². The molecule has 2 rings (SSSR count). The van der Waals surface area contributed by atoms with Crippen LogP contribution in [0.4, 0.5) is 11.6 Å². The van der Waals surface area contributed by atoms with Crippen LogP contribution in [0.3, 0.4) is 0 Å².